The Morgan fingerprint density at radius 3 is 2.67 bits per heavy atom. The SMILES string of the molecule is CCNC(=NCc1cn2ccsc2n1)NCCN(C(C)C)C(C)C. The fourth-order valence-corrected chi connectivity index (χ4v) is 3.49. The maximum atomic E-state index is 4.65. The van der Waals surface area contributed by atoms with Crippen molar-refractivity contribution in [3.63, 3.8) is 0 Å². The standard InChI is InChI=1S/C17H30N6S/c1-6-18-16(19-7-8-23(13(2)3)14(4)5)20-11-15-12-22-9-10-24-17(22)21-15/h9-10,12-14H,6-8,11H2,1-5H3,(H2,18,19,20). The van der Waals surface area contributed by atoms with E-state index in [2.05, 4.69) is 60.1 Å². The highest BCUT2D eigenvalue weighted by atomic mass is 32.1. The van der Waals surface area contributed by atoms with Crippen LogP contribution in [0.2, 0.25) is 0 Å². The lowest BCUT2D eigenvalue weighted by Crippen LogP contribution is -2.45. The van der Waals surface area contributed by atoms with Gasteiger partial charge in [0.2, 0.25) is 0 Å². The van der Waals surface area contributed by atoms with Gasteiger partial charge in [0.15, 0.2) is 10.9 Å². The van der Waals surface area contributed by atoms with E-state index in [1.165, 1.54) is 0 Å². The molecule has 0 aliphatic rings. The van der Waals surface area contributed by atoms with Gasteiger partial charge in [-0.1, -0.05) is 0 Å². The van der Waals surface area contributed by atoms with E-state index < -0.39 is 0 Å². The van der Waals surface area contributed by atoms with Crippen LogP contribution in [0.5, 0.6) is 0 Å². The van der Waals surface area contributed by atoms with Crippen LogP contribution in [0.3, 0.4) is 0 Å². The van der Waals surface area contributed by atoms with Gasteiger partial charge in [0.25, 0.3) is 0 Å². The molecule has 0 aliphatic heterocycles. The molecule has 0 amide bonds. The van der Waals surface area contributed by atoms with Crippen molar-refractivity contribution in [2.75, 3.05) is 19.6 Å². The van der Waals surface area contributed by atoms with E-state index in [9.17, 15) is 0 Å². The first-order valence-electron chi connectivity index (χ1n) is 8.70. The Hall–Kier alpha value is -1.60. The molecule has 0 saturated heterocycles. The number of aliphatic imine (C=N–C) groups is 1. The van der Waals surface area contributed by atoms with E-state index in [1.54, 1.807) is 11.3 Å². The van der Waals surface area contributed by atoms with Crippen LogP contribution in [0.4, 0.5) is 0 Å². The zero-order valence-electron chi connectivity index (χ0n) is 15.4. The molecule has 7 heteroatoms. The molecule has 24 heavy (non-hydrogen) atoms. The number of guanidine groups is 1. The number of hydrogen-bond acceptors (Lipinski definition) is 4. The van der Waals surface area contributed by atoms with Gasteiger partial charge < -0.3 is 10.6 Å². The molecule has 2 aromatic heterocycles. The summed E-state index contributed by atoms with van der Waals surface area (Å²) in [5.41, 5.74) is 0.991. The first-order valence-corrected chi connectivity index (χ1v) is 9.58. The zero-order chi connectivity index (χ0) is 17.5. The maximum Gasteiger partial charge on any atom is 0.193 e. The summed E-state index contributed by atoms with van der Waals surface area (Å²) in [6, 6.07) is 1.09. The highest BCUT2D eigenvalue weighted by Crippen LogP contribution is 2.11. The van der Waals surface area contributed by atoms with Gasteiger partial charge >= 0.3 is 0 Å². The average molecular weight is 351 g/mol. The Balaban J connectivity index is 1.89. The summed E-state index contributed by atoms with van der Waals surface area (Å²) in [6.07, 6.45) is 4.06. The summed E-state index contributed by atoms with van der Waals surface area (Å²) in [7, 11) is 0. The number of nitrogens with zero attached hydrogens (tertiary/aromatic N) is 4. The van der Waals surface area contributed by atoms with E-state index in [4.69, 9.17) is 0 Å². The van der Waals surface area contributed by atoms with Gasteiger partial charge in [-0.3, -0.25) is 9.30 Å². The second-order valence-electron chi connectivity index (χ2n) is 6.37. The van der Waals surface area contributed by atoms with Crippen molar-refractivity contribution >= 4 is 22.3 Å². The quantitative estimate of drug-likeness (QED) is 0.567. The summed E-state index contributed by atoms with van der Waals surface area (Å²) in [6.45, 7) is 14.4. The number of nitrogens with one attached hydrogen (secondary N) is 2. The van der Waals surface area contributed by atoms with E-state index in [0.29, 0.717) is 18.6 Å². The number of fused-ring (bicyclic) bond motifs is 1. The minimum absolute atomic E-state index is 0.546. The molecule has 0 radical (unpaired) electrons. The smallest absolute Gasteiger partial charge is 0.193 e. The Morgan fingerprint density at radius 1 is 1.29 bits per heavy atom. The largest absolute Gasteiger partial charge is 0.357 e. The fraction of sp³-hybridized carbons (Fsp3) is 0.647. The molecule has 0 saturated carbocycles. The molecular weight excluding hydrogens is 320 g/mol. The highest BCUT2D eigenvalue weighted by molar-refractivity contribution is 7.15. The predicted octanol–water partition coefficient (Wildman–Crippen LogP) is 2.57. The van der Waals surface area contributed by atoms with Gasteiger partial charge in [0.05, 0.1) is 12.2 Å². The lowest BCUT2D eigenvalue weighted by Gasteiger charge is -2.30. The summed E-state index contributed by atoms with van der Waals surface area (Å²) in [5.74, 6) is 0.848. The van der Waals surface area contributed by atoms with Gasteiger partial charge in [-0.25, -0.2) is 9.98 Å². The molecule has 0 spiro atoms. The van der Waals surface area contributed by atoms with Crippen LogP contribution in [-0.4, -0.2) is 52.0 Å². The van der Waals surface area contributed by atoms with Crippen LogP contribution < -0.4 is 10.6 Å². The van der Waals surface area contributed by atoms with Crippen molar-refractivity contribution in [2.45, 2.75) is 53.2 Å². The number of aromatic nitrogens is 2. The van der Waals surface area contributed by atoms with E-state index in [-0.39, 0.29) is 0 Å². The van der Waals surface area contributed by atoms with Gasteiger partial charge in [0.1, 0.15) is 0 Å². The molecular formula is C17H30N6S. The molecule has 0 fully saturated rings. The lowest BCUT2D eigenvalue weighted by atomic mass is 10.2. The molecule has 0 unspecified atom stereocenters. The van der Waals surface area contributed by atoms with Crippen molar-refractivity contribution in [1.82, 2.24) is 24.9 Å². The first kappa shape index (κ1) is 18.7. The summed E-state index contributed by atoms with van der Waals surface area (Å²) in [4.78, 5) is 12.7. The molecule has 6 nitrogen and oxygen atoms in total. The van der Waals surface area contributed by atoms with Gasteiger partial charge in [-0.2, -0.15) is 0 Å². The Kier molecular flexibility index (Phi) is 7.05. The van der Waals surface area contributed by atoms with E-state index >= 15 is 0 Å². The lowest BCUT2D eigenvalue weighted by molar-refractivity contribution is 0.178. The monoisotopic (exact) mass is 350 g/mol. The molecule has 2 N–H and O–H groups in total. The number of hydrogen-bond donors (Lipinski definition) is 2. The summed E-state index contributed by atoms with van der Waals surface area (Å²) >= 11 is 1.64. The van der Waals surface area contributed by atoms with Gasteiger partial charge in [-0.15, -0.1) is 11.3 Å². The molecule has 0 bridgehead atoms. The third-order valence-corrected chi connectivity index (χ3v) is 4.65. The molecule has 0 atom stereocenters. The average Bonchev–Trinajstić information content (AvgIpc) is 3.09. The third kappa shape index (κ3) is 5.21. The second kappa shape index (κ2) is 9.03. The minimum atomic E-state index is 0.546. The normalized spacial score (nSPS) is 12.8. The summed E-state index contributed by atoms with van der Waals surface area (Å²) in [5, 5.41) is 8.76. The number of imidazole rings is 1. The van der Waals surface area contributed by atoms with Crippen molar-refractivity contribution in [3.8, 4) is 0 Å². The van der Waals surface area contributed by atoms with Crippen molar-refractivity contribution in [3.05, 3.63) is 23.5 Å². The first-order chi connectivity index (χ1) is 11.5. The fourth-order valence-electron chi connectivity index (χ4n) is 2.77. The molecule has 2 aromatic rings. The highest BCUT2D eigenvalue weighted by Gasteiger charge is 2.12. The Morgan fingerprint density at radius 2 is 2.04 bits per heavy atom. The molecule has 134 valence electrons. The number of thiazole rings is 1. The maximum absolute atomic E-state index is 4.65. The Labute approximate surface area is 149 Å². The van der Waals surface area contributed by atoms with Crippen LogP contribution in [0.1, 0.15) is 40.3 Å². The molecule has 2 rings (SSSR count). The predicted molar refractivity (Wildman–Crippen MR) is 103 cm³/mol. The molecule has 0 aliphatic carbocycles. The Bertz CT molecular complexity index is 606. The van der Waals surface area contributed by atoms with Crippen LogP contribution in [0.15, 0.2) is 22.8 Å². The van der Waals surface area contributed by atoms with Gasteiger partial charge in [0, 0.05) is 49.5 Å². The van der Waals surface area contributed by atoms with Gasteiger partial charge in [-0.05, 0) is 34.6 Å². The molecule has 0 aromatic carbocycles. The topological polar surface area (TPSA) is 57.0 Å². The minimum Gasteiger partial charge on any atom is -0.357 e. The van der Waals surface area contributed by atoms with Crippen molar-refractivity contribution < 1.29 is 0 Å². The summed E-state index contributed by atoms with van der Waals surface area (Å²) < 4.78 is 2.04. The third-order valence-electron chi connectivity index (χ3n) is 3.88. The number of rotatable bonds is 8. The van der Waals surface area contributed by atoms with E-state index in [0.717, 1.165) is 36.2 Å². The van der Waals surface area contributed by atoms with Crippen LogP contribution in [-0.2, 0) is 6.54 Å². The molecule has 2 heterocycles. The van der Waals surface area contributed by atoms with E-state index in [1.807, 2.05) is 22.2 Å². The van der Waals surface area contributed by atoms with Crippen molar-refractivity contribution in [1.29, 1.82) is 0 Å². The van der Waals surface area contributed by atoms with Crippen LogP contribution in [0, 0.1) is 0 Å². The van der Waals surface area contributed by atoms with Crippen LogP contribution >= 0.6 is 11.3 Å². The van der Waals surface area contributed by atoms with Crippen molar-refractivity contribution in [2.24, 2.45) is 4.99 Å². The second-order valence-corrected chi connectivity index (χ2v) is 7.25. The van der Waals surface area contributed by atoms with Crippen LogP contribution in [0.25, 0.3) is 4.96 Å². The zero-order valence-corrected chi connectivity index (χ0v) is 16.2.